The molecule has 2 aromatic carbocycles. The van der Waals surface area contributed by atoms with Gasteiger partial charge in [-0.25, -0.2) is 0 Å². The lowest BCUT2D eigenvalue weighted by atomic mass is 10.1. The summed E-state index contributed by atoms with van der Waals surface area (Å²) in [5, 5.41) is 3.17. The van der Waals surface area contributed by atoms with Gasteiger partial charge in [-0.15, -0.1) is 0 Å². The number of likely N-dealkylation sites (N-methyl/N-ethyl adjacent to an activating group) is 1. The first-order valence-corrected chi connectivity index (χ1v) is 6.70. The van der Waals surface area contributed by atoms with E-state index in [0.717, 1.165) is 18.7 Å². The van der Waals surface area contributed by atoms with Crippen LogP contribution in [0.3, 0.4) is 0 Å². The molecule has 0 saturated carbocycles. The van der Waals surface area contributed by atoms with E-state index < -0.39 is 0 Å². The van der Waals surface area contributed by atoms with Gasteiger partial charge >= 0.3 is 0 Å². The molecule has 0 atom stereocenters. The summed E-state index contributed by atoms with van der Waals surface area (Å²) in [7, 11) is 1.98. The molecular weight excluding hydrogens is 234 g/mol. The molecule has 0 bridgehead atoms. The first-order chi connectivity index (χ1) is 9.29. The second-order valence-electron chi connectivity index (χ2n) is 4.73. The zero-order valence-electron chi connectivity index (χ0n) is 11.6. The van der Waals surface area contributed by atoms with Gasteiger partial charge in [-0.05, 0) is 49.7 Å². The van der Waals surface area contributed by atoms with Crippen LogP contribution in [0.5, 0.6) is 5.75 Å². The van der Waals surface area contributed by atoms with Crippen molar-refractivity contribution in [2.45, 2.75) is 20.0 Å². The summed E-state index contributed by atoms with van der Waals surface area (Å²) in [6.45, 7) is 3.73. The zero-order valence-corrected chi connectivity index (χ0v) is 11.6. The largest absolute Gasteiger partial charge is 0.489 e. The Kier molecular flexibility index (Phi) is 4.99. The van der Waals surface area contributed by atoms with E-state index in [1.54, 1.807) is 0 Å². The van der Waals surface area contributed by atoms with Crippen LogP contribution < -0.4 is 10.1 Å². The Morgan fingerprint density at radius 3 is 2.47 bits per heavy atom. The van der Waals surface area contributed by atoms with Gasteiger partial charge < -0.3 is 10.1 Å². The van der Waals surface area contributed by atoms with Gasteiger partial charge in [0.1, 0.15) is 12.4 Å². The number of benzene rings is 2. The second kappa shape index (κ2) is 6.95. The zero-order chi connectivity index (χ0) is 13.5. The molecule has 2 aromatic rings. The average Bonchev–Trinajstić information content (AvgIpc) is 2.45. The summed E-state index contributed by atoms with van der Waals surface area (Å²) in [5.41, 5.74) is 3.74. The maximum Gasteiger partial charge on any atom is 0.122 e. The van der Waals surface area contributed by atoms with Crippen LogP contribution in [0.4, 0.5) is 0 Å². The van der Waals surface area contributed by atoms with E-state index in [2.05, 4.69) is 42.6 Å². The normalized spacial score (nSPS) is 10.4. The van der Waals surface area contributed by atoms with Crippen LogP contribution in [0.15, 0.2) is 48.5 Å². The number of hydrogen-bond acceptors (Lipinski definition) is 2. The van der Waals surface area contributed by atoms with Crippen LogP contribution in [-0.2, 0) is 13.0 Å². The van der Waals surface area contributed by atoms with Crippen molar-refractivity contribution < 1.29 is 4.74 Å². The second-order valence-corrected chi connectivity index (χ2v) is 4.73. The SMILES string of the molecule is CNCCc1ccc(OCc2ccccc2)c(C)c1. The summed E-state index contributed by atoms with van der Waals surface area (Å²) in [4.78, 5) is 0. The monoisotopic (exact) mass is 255 g/mol. The molecule has 0 aromatic heterocycles. The Balaban J connectivity index is 1.97. The third-order valence-electron chi connectivity index (χ3n) is 3.14. The van der Waals surface area contributed by atoms with E-state index in [1.165, 1.54) is 16.7 Å². The molecule has 2 heteroatoms. The van der Waals surface area contributed by atoms with Crippen LogP contribution in [-0.4, -0.2) is 13.6 Å². The Labute approximate surface area is 115 Å². The highest BCUT2D eigenvalue weighted by Gasteiger charge is 2.02. The number of hydrogen-bond donors (Lipinski definition) is 1. The third-order valence-corrected chi connectivity index (χ3v) is 3.14. The molecule has 2 rings (SSSR count). The van der Waals surface area contributed by atoms with Crippen molar-refractivity contribution in [3.63, 3.8) is 0 Å². The molecular formula is C17H21NO. The van der Waals surface area contributed by atoms with Crippen molar-refractivity contribution >= 4 is 0 Å². The number of rotatable bonds is 6. The number of nitrogens with one attached hydrogen (secondary N) is 1. The average molecular weight is 255 g/mol. The topological polar surface area (TPSA) is 21.3 Å². The van der Waals surface area contributed by atoms with Crippen LogP contribution in [0, 0.1) is 6.92 Å². The highest BCUT2D eigenvalue weighted by Crippen LogP contribution is 2.20. The van der Waals surface area contributed by atoms with Crippen molar-refractivity contribution in [3.8, 4) is 5.75 Å². The smallest absolute Gasteiger partial charge is 0.122 e. The van der Waals surface area contributed by atoms with Crippen molar-refractivity contribution in [2.24, 2.45) is 0 Å². The molecule has 0 saturated heterocycles. The minimum absolute atomic E-state index is 0.623. The van der Waals surface area contributed by atoms with E-state index in [4.69, 9.17) is 4.74 Å². The minimum atomic E-state index is 0.623. The maximum atomic E-state index is 5.87. The molecule has 0 amide bonds. The molecule has 0 aliphatic carbocycles. The molecule has 0 heterocycles. The van der Waals surface area contributed by atoms with Gasteiger partial charge in [0, 0.05) is 0 Å². The van der Waals surface area contributed by atoms with Crippen molar-refractivity contribution in [3.05, 3.63) is 65.2 Å². The summed E-state index contributed by atoms with van der Waals surface area (Å²) in [6, 6.07) is 16.7. The lowest BCUT2D eigenvalue weighted by Crippen LogP contribution is -2.10. The van der Waals surface area contributed by atoms with Gasteiger partial charge in [-0.1, -0.05) is 42.5 Å². The van der Waals surface area contributed by atoms with Gasteiger partial charge in [0.25, 0.3) is 0 Å². The van der Waals surface area contributed by atoms with Gasteiger partial charge in [0.2, 0.25) is 0 Å². The maximum absolute atomic E-state index is 5.87. The fourth-order valence-corrected chi connectivity index (χ4v) is 2.03. The van der Waals surface area contributed by atoms with Crippen molar-refractivity contribution in [2.75, 3.05) is 13.6 Å². The van der Waals surface area contributed by atoms with Crippen molar-refractivity contribution in [1.29, 1.82) is 0 Å². The molecule has 2 nitrogen and oxygen atoms in total. The molecule has 0 fully saturated rings. The highest BCUT2D eigenvalue weighted by molar-refractivity contribution is 5.36. The van der Waals surface area contributed by atoms with Crippen LogP contribution in [0.1, 0.15) is 16.7 Å². The van der Waals surface area contributed by atoms with E-state index >= 15 is 0 Å². The van der Waals surface area contributed by atoms with Crippen LogP contribution >= 0.6 is 0 Å². The van der Waals surface area contributed by atoms with Crippen molar-refractivity contribution in [1.82, 2.24) is 5.32 Å². The van der Waals surface area contributed by atoms with E-state index in [1.807, 2.05) is 25.2 Å². The van der Waals surface area contributed by atoms with E-state index in [-0.39, 0.29) is 0 Å². The fraction of sp³-hybridized carbons (Fsp3) is 0.294. The predicted molar refractivity (Wildman–Crippen MR) is 79.6 cm³/mol. The van der Waals surface area contributed by atoms with Gasteiger partial charge in [0.15, 0.2) is 0 Å². The molecule has 0 aliphatic heterocycles. The summed E-state index contributed by atoms with van der Waals surface area (Å²) >= 11 is 0. The lowest BCUT2D eigenvalue weighted by molar-refractivity contribution is 0.304. The molecule has 0 spiro atoms. The van der Waals surface area contributed by atoms with Crippen LogP contribution in [0.25, 0.3) is 0 Å². The first-order valence-electron chi connectivity index (χ1n) is 6.70. The molecule has 100 valence electrons. The van der Waals surface area contributed by atoms with Gasteiger partial charge in [0.05, 0.1) is 0 Å². The van der Waals surface area contributed by atoms with E-state index in [0.29, 0.717) is 6.61 Å². The Morgan fingerprint density at radius 2 is 1.79 bits per heavy atom. The molecule has 0 radical (unpaired) electrons. The Bertz CT molecular complexity index is 508. The predicted octanol–water partition coefficient (Wildman–Crippen LogP) is 3.34. The summed E-state index contributed by atoms with van der Waals surface area (Å²) < 4.78 is 5.87. The van der Waals surface area contributed by atoms with Gasteiger partial charge in [-0.3, -0.25) is 0 Å². The third kappa shape index (κ3) is 4.11. The molecule has 0 aliphatic rings. The Hall–Kier alpha value is -1.80. The quantitative estimate of drug-likeness (QED) is 0.855. The Morgan fingerprint density at radius 1 is 1.00 bits per heavy atom. The van der Waals surface area contributed by atoms with Crippen LogP contribution in [0.2, 0.25) is 0 Å². The molecule has 19 heavy (non-hydrogen) atoms. The first kappa shape index (κ1) is 13.6. The molecule has 0 unspecified atom stereocenters. The molecule has 1 N–H and O–H groups in total. The van der Waals surface area contributed by atoms with E-state index in [9.17, 15) is 0 Å². The number of ether oxygens (including phenoxy) is 1. The summed E-state index contributed by atoms with van der Waals surface area (Å²) in [5.74, 6) is 0.970. The fourth-order valence-electron chi connectivity index (χ4n) is 2.03. The van der Waals surface area contributed by atoms with Gasteiger partial charge in [-0.2, -0.15) is 0 Å². The standard InChI is InChI=1S/C17H21NO/c1-14-12-15(10-11-18-2)8-9-17(14)19-13-16-6-4-3-5-7-16/h3-9,12,18H,10-11,13H2,1-2H3. The highest BCUT2D eigenvalue weighted by atomic mass is 16.5. The number of aryl methyl sites for hydroxylation is 1. The minimum Gasteiger partial charge on any atom is -0.489 e. The lowest BCUT2D eigenvalue weighted by Gasteiger charge is -2.11. The summed E-state index contributed by atoms with van der Waals surface area (Å²) in [6.07, 6.45) is 1.05.